The van der Waals surface area contributed by atoms with E-state index in [-0.39, 0.29) is 6.04 Å². The fraction of sp³-hybridized carbons (Fsp3) is 0.524. The minimum atomic E-state index is 0.221. The molecule has 0 saturated carbocycles. The average Bonchev–Trinajstić information content (AvgIpc) is 3.06. The molecule has 0 amide bonds. The minimum absolute atomic E-state index is 0.221. The Hall–Kier alpha value is -2.06. The first-order chi connectivity index (χ1) is 13.8. The molecule has 0 spiro atoms. The number of hydrogen-bond acceptors (Lipinski definition) is 6. The molecule has 1 N–H and O–H groups in total. The second kappa shape index (κ2) is 9.17. The zero-order chi connectivity index (χ0) is 21.1. The molecule has 1 atom stereocenters. The Morgan fingerprint density at radius 2 is 1.97 bits per heavy atom. The predicted octanol–water partition coefficient (Wildman–Crippen LogP) is 5.06. The third-order valence-corrected chi connectivity index (χ3v) is 5.55. The topological polar surface area (TPSA) is 71.8 Å². The largest absolute Gasteiger partial charge is 0.337 e. The van der Waals surface area contributed by atoms with Crippen molar-refractivity contribution in [1.29, 1.82) is 0 Å². The molecule has 29 heavy (non-hydrogen) atoms. The zero-order valence-corrected chi connectivity index (χ0v) is 19.7. The molecule has 8 heteroatoms. The Balaban J connectivity index is 2.01. The summed E-state index contributed by atoms with van der Waals surface area (Å²) in [5.41, 5.74) is 3.69. The van der Waals surface area contributed by atoms with Crippen molar-refractivity contribution in [2.24, 2.45) is 0 Å². The first kappa shape index (κ1) is 21.6. The van der Waals surface area contributed by atoms with Crippen molar-refractivity contribution in [1.82, 2.24) is 29.9 Å². The van der Waals surface area contributed by atoms with Gasteiger partial charge < -0.3 is 10.2 Å². The highest BCUT2D eigenvalue weighted by molar-refractivity contribution is 9.10. The van der Waals surface area contributed by atoms with Crippen LogP contribution in [0.5, 0.6) is 0 Å². The van der Waals surface area contributed by atoms with Crippen LogP contribution in [0.2, 0.25) is 0 Å². The van der Waals surface area contributed by atoms with Crippen molar-refractivity contribution in [3.8, 4) is 0 Å². The molecule has 0 bridgehead atoms. The van der Waals surface area contributed by atoms with Crippen LogP contribution in [-0.4, -0.2) is 50.5 Å². The van der Waals surface area contributed by atoms with E-state index in [0.717, 1.165) is 35.2 Å². The normalized spacial score (nSPS) is 12.9. The van der Waals surface area contributed by atoms with Gasteiger partial charge in [-0.15, -0.1) is 5.10 Å². The second-order valence-corrected chi connectivity index (χ2v) is 8.90. The van der Waals surface area contributed by atoms with E-state index in [2.05, 4.69) is 99.5 Å². The summed E-state index contributed by atoms with van der Waals surface area (Å²) in [6.45, 7) is 9.35. The zero-order valence-electron chi connectivity index (χ0n) is 18.1. The molecule has 1 unspecified atom stereocenters. The van der Waals surface area contributed by atoms with Crippen LogP contribution in [0.3, 0.4) is 0 Å². The van der Waals surface area contributed by atoms with Gasteiger partial charge in [0, 0.05) is 11.0 Å². The molecule has 0 aliphatic carbocycles. The summed E-state index contributed by atoms with van der Waals surface area (Å²) in [6, 6.07) is 6.57. The average molecular weight is 460 g/mol. The number of hydrogen-bond donors (Lipinski definition) is 1. The van der Waals surface area contributed by atoms with Crippen LogP contribution in [0, 0.1) is 6.92 Å². The molecule has 156 valence electrons. The standard InChI is InChI=1S/C21H30BrN7/c1-7-8-16(12-28(5)6)29-21-19(26-27-29)20(23-14(4)24-21)25-18-10-9-15(13(2)3)11-17(18)22/h9-11,13,16H,7-8,12H2,1-6H3,(H,23,24,25). The van der Waals surface area contributed by atoms with E-state index >= 15 is 0 Å². The molecular formula is C21H30BrN7. The number of nitrogens with one attached hydrogen (secondary N) is 1. The number of anilines is 2. The van der Waals surface area contributed by atoms with E-state index in [1.807, 2.05) is 11.6 Å². The molecule has 3 aromatic rings. The molecule has 0 aliphatic heterocycles. The summed E-state index contributed by atoms with van der Waals surface area (Å²) in [4.78, 5) is 11.4. The number of fused-ring (bicyclic) bond motifs is 1. The summed E-state index contributed by atoms with van der Waals surface area (Å²) in [5.74, 6) is 1.84. The van der Waals surface area contributed by atoms with Crippen LogP contribution < -0.4 is 5.32 Å². The molecule has 0 fully saturated rings. The molecule has 0 saturated heterocycles. The third-order valence-electron chi connectivity index (χ3n) is 4.89. The number of likely N-dealkylation sites (N-methyl/N-ethyl adjacent to an activating group) is 1. The van der Waals surface area contributed by atoms with Crippen LogP contribution in [0.15, 0.2) is 22.7 Å². The van der Waals surface area contributed by atoms with Gasteiger partial charge in [-0.2, -0.15) is 0 Å². The van der Waals surface area contributed by atoms with Crippen molar-refractivity contribution < 1.29 is 0 Å². The Labute approximate surface area is 181 Å². The van der Waals surface area contributed by atoms with Crippen LogP contribution in [-0.2, 0) is 0 Å². The van der Waals surface area contributed by atoms with E-state index in [0.29, 0.717) is 23.1 Å². The van der Waals surface area contributed by atoms with Gasteiger partial charge in [0.25, 0.3) is 0 Å². The maximum atomic E-state index is 4.66. The minimum Gasteiger partial charge on any atom is -0.337 e. The van der Waals surface area contributed by atoms with Crippen molar-refractivity contribution in [2.45, 2.75) is 52.5 Å². The van der Waals surface area contributed by atoms with Crippen LogP contribution in [0.25, 0.3) is 11.2 Å². The third kappa shape index (κ3) is 4.93. The van der Waals surface area contributed by atoms with Crippen LogP contribution in [0.4, 0.5) is 11.5 Å². The van der Waals surface area contributed by atoms with Gasteiger partial charge in [-0.05, 0) is 67.0 Å². The molecule has 2 aromatic heterocycles. The molecule has 3 rings (SSSR count). The highest BCUT2D eigenvalue weighted by atomic mass is 79.9. The highest BCUT2D eigenvalue weighted by Crippen LogP contribution is 2.31. The van der Waals surface area contributed by atoms with Crippen LogP contribution >= 0.6 is 15.9 Å². The van der Waals surface area contributed by atoms with Crippen molar-refractivity contribution in [2.75, 3.05) is 26.0 Å². The maximum Gasteiger partial charge on any atom is 0.184 e. The van der Waals surface area contributed by atoms with Gasteiger partial charge in [-0.1, -0.05) is 38.5 Å². The van der Waals surface area contributed by atoms with Crippen molar-refractivity contribution in [3.05, 3.63) is 34.1 Å². The summed E-state index contributed by atoms with van der Waals surface area (Å²) in [7, 11) is 4.15. The summed E-state index contributed by atoms with van der Waals surface area (Å²) in [5, 5.41) is 12.3. The van der Waals surface area contributed by atoms with Crippen LogP contribution in [0.1, 0.15) is 57.0 Å². The van der Waals surface area contributed by atoms with Gasteiger partial charge in [0.05, 0.1) is 11.7 Å². The molecule has 1 aromatic carbocycles. The number of rotatable bonds is 8. The Bertz CT molecular complexity index is 981. The molecule has 7 nitrogen and oxygen atoms in total. The predicted molar refractivity (Wildman–Crippen MR) is 122 cm³/mol. The summed E-state index contributed by atoms with van der Waals surface area (Å²) >= 11 is 3.68. The van der Waals surface area contributed by atoms with E-state index in [1.54, 1.807) is 0 Å². The highest BCUT2D eigenvalue weighted by Gasteiger charge is 2.20. The van der Waals surface area contributed by atoms with Gasteiger partial charge in [0.1, 0.15) is 5.82 Å². The number of aromatic nitrogens is 5. The van der Waals surface area contributed by atoms with Crippen molar-refractivity contribution in [3.63, 3.8) is 0 Å². The Morgan fingerprint density at radius 1 is 1.21 bits per heavy atom. The van der Waals surface area contributed by atoms with Crippen molar-refractivity contribution >= 4 is 38.6 Å². The van der Waals surface area contributed by atoms with E-state index < -0.39 is 0 Å². The molecular weight excluding hydrogens is 430 g/mol. The maximum absolute atomic E-state index is 4.66. The number of aryl methyl sites for hydroxylation is 1. The smallest absolute Gasteiger partial charge is 0.184 e. The van der Waals surface area contributed by atoms with Gasteiger partial charge in [-0.25, -0.2) is 14.6 Å². The fourth-order valence-corrected chi connectivity index (χ4v) is 3.93. The van der Waals surface area contributed by atoms with Gasteiger partial charge >= 0.3 is 0 Å². The Morgan fingerprint density at radius 3 is 2.59 bits per heavy atom. The Kier molecular flexibility index (Phi) is 6.85. The second-order valence-electron chi connectivity index (χ2n) is 8.05. The lowest BCUT2D eigenvalue weighted by molar-refractivity contribution is 0.294. The van der Waals surface area contributed by atoms with Gasteiger partial charge in [0.2, 0.25) is 0 Å². The molecule has 0 aliphatic rings. The lowest BCUT2D eigenvalue weighted by Crippen LogP contribution is -2.25. The first-order valence-electron chi connectivity index (χ1n) is 10.1. The van der Waals surface area contributed by atoms with E-state index in [9.17, 15) is 0 Å². The number of nitrogens with zero attached hydrogens (tertiary/aromatic N) is 6. The summed E-state index contributed by atoms with van der Waals surface area (Å²) < 4.78 is 2.95. The number of benzene rings is 1. The SMILES string of the molecule is CCCC(CN(C)C)n1nnc2c(Nc3ccc(C(C)C)cc3Br)nc(C)nc21. The first-order valence-corrected chi connectivity index (χ1v) is 10.9. The summed E-state index contributed by atoms with van der Waals surface area (Å²) in [6.07, 6.45) is 2.09. The fourth-order valence-electron chi connectivity index (χ4n) is 3.44. The monoisotopic (exact) mass is 459 g/mol. The van der Waals surface area contributed by atoms with Gasteiger partial charge in [-0.3, -0.25) is 0 Å². The van der Waals surface area contributed by atoms with E-state index in [1.165, 1.54) is 5.56 Å². The van der Waals surface area contributed by atoms with Gasteiger partial charge in [0.15, 0.2) is 17.0 Å². The molecule has 2 heterocycles. The number of halogens is 1. The molecule has 0 radical (unpaired) electrons. The van der Waals surface area contributed by atoms with E-state index in [4.69, 9.17) is 0 Å². The lowest BCUT2D eigenvalue weighted by atomic mass is 10.0. The lowest BCUT2D eigenvalue weighted by Gasteiger charge is -2.20. The quantitative estimate of drug-likeness (QED) is 0.507.